The lowest BCUT2D eigenvalue weighted by Crippen LogP contribution is -2.24. The number of rotatable bonds is 3. The number of nitrogens with one attached hydrogen (secondary N) is 2. The number of carbonyl (C=O) groups is 1. The molecule has 0 radical (unpaired) electrons. The molecular formula is C15H12FN3O3. The smallest absolute Gasteiger partial charge is 0.262 e. The van der Waals surface area contributed by atoms with E-state index in [4.69, 9.17) is 4.42 Å². The van der Waals surface area contributed by atoms with E-state index in [1.54, 1.807) is 19.1 Å². The van der Waals surface area contributed by atoms with Crippen LogP contribution in [0.3, 0.4) is 0 Å². The van der Waals surface area contributed by atoms with Crippen LogP contribution in [0.15, 0.2) is 39.8 Å². The summed E-state index contributed by atoms with van der Waals surface area (Å²) in [7, 11) is 0. The van der Waals surface area contributed by atoms with Crippen LogP contribution >= 0.6 is 0 Å². The van der Waals surface area contributed by atoms with E-state index in [-0.39, 0.29) is 29.0 Å². The van der Waals surface area contributed by atoms with Crippen LogP contribution in [0.5, 0.6) is 0 Å². The highest BCUT2D eigenvalue weighted by atomic mass is 19.1. The second-order valence-electron chi connectivity index (χ2n) is 4.75. The molecule has 7 heteroatoms. The SMILES string of the molecule is Cc1oc2nc[nH]c(=O)c2c1C(=O)NCc1ccc(F)cc1. The molecule has 2 heterocycles. The Labute approximate surface area is 124 Å². The van der Waals surface area contributed by atoms with Gasteiger partial charge in [0.1, 0.15) is 17.0 Å². The van der Waals surface area contributed by atoms with Crippen molar-refractivity contribution in [3.05, 3.63) is 63.7 Å². The van der Waals surface area contributed by atoms with E-state index in [9.17, 15) is 14.0 Å². The van der Waals surface area contributed by atoms with Gasteiger partial charge in [-0.15, -0.1) is 0 Å². The number of nitrogens with zero attached hydrogens (tertiary/aromatic N) is 1. The van der Waals surface area contributed by atoms with Crippen molar-refractivity contribution >= 4 is 17.0 Å². The third kappa shape index (κ3) is 2.48. The van der Waals surface area contributed by atoms with Gasteiger partial charge in [0.05, 0.1) is 11.9 Å². The van der Waals surface area contributed by atoms with Crippen molar-refractivity contribution in [3.8, 4) is 0 Å². The average Bonchev–Trinajstić information content (AvgIpc) is 2.84. The van der Waals surface area contributed by atoms with Gasteiger partial charge >= 0.3 is 0 Å². The van der Waals surface area contributed by atoms with E-state index >= 15 is 0 Å². The Morgan fingerprint density at radius 3 is 2.82 bits per heavy atom. The number of H-pyrrole nitrogens is 1. The normalized spacial score (nSPS) is 10.8. The molecule has 3 aromatic rings. The Balaban J connectivity index is 1.88. The summed E-state index contributed by atoms with van der Waals surface area (Å²) >= 11 is 0. The zero-order chi connectivity index (χ0) is 15.7. The maximum atomic E-state index is 12.8. The van der Waals surface area contributed by atoms with Crippen LogP contribution in [0.2, 0.25) is 0 Å². The second-order valence-corrected chi connectivity index (χ2v) is 4.75. The van der Waals surface area contributed by atoms with Crippen LogP contribution in [0.4, 0.5) is 4.39 Å². The molecule has 22 heavy (non-hydrogen) atoms. The third-order valence-electron chi connectivity index (χ3n) is 3.26. The van der Waals surface area contributed by atoms with Gasteiger partial charge in [0.25, 0.3) is 11.5 Å². The molecule has 0 aliphatic rings. The van der Waals surface area contributed by atoms with E-state index in [2.05, 4.69) is 15.3 Å². The number of hydrogen-bond donors (Lipinski definition) is 2. The molecule has 1 aromatic carbocycles. The molecule has 0 aliphatic heterocycles. The number of furan rings is 1. The van der Waals surface area contributed by atoms with Crippen LogP contribution in [-0.4, -0.2) is 15.9 Å². The Morgan fingerprint density at radius 2 is 2.09 bits per heavy atom. The Kier molecular flexibility index (Phi) is 3.46. The van der Waals surface area contributed by atoms with Gasteiger partial charge in [-0.05, 0) is 24.6 Å². The Morgan fingerprint density at radius 1 is 1.36 bits per heavy atom. The molecule has 1 amide bonds. The van der Waals surface area contributed by atoms with Crippen LogP contribution in [-0.2, 0) is 6.54 Å². The highest BCUT2D eigenvalue weighted by Gasteiger charge is 2.21. The fourth-order valence-electron chi connectivity index (χ4n) is 2.20. The lowest BCUT2D eigenvalue weighted by atomic mass is 10.1. The molecule has 0 bridgehead atoms. The van der Waals surface area contributed by atoms with Gasteiger partial charge in [-0.25, -0.2) is 9.37 Å². The van der Waals surface area contributed by atoms with Gasteiger partial charge in [0.2, 0.25) is 5.71 Å². The van der Waals surface area contributed by atoms with Crippen molar-refractivity contribution in [2.24, 2.45) is 0 Å². The summed E-state index contributed by atoms with van der Waals surface area (Å²) < 4.78 is 18.2. The summed E-state index contributed by atoms with van der Waals surface area (Å²) in [5.74, 6) is -0.473. The summed E-state index contributed by atoms with van der Waals surface area (Å²) in [4.78, 5) is 30.5. The van der Waals surface area contributed by atoms with Gasteiger partial charge in [0.15, 0.2) is 0 Å². The number of fused-ring (bicyclic) bond motifs is 1. The van der Waals surface area contributed by atoms with Crippen LogP contribution in [0.25, 0.3) is 11.1 Å². The van der Waals surface area contributed by atoms with Crippen molar-refractivity contribution in [2.45, 2.75) is 13.5 Å². The number of aromatic nitrogens is 2. The van der Waals surface area contributed by atoms with Gasteiger partial charge < -0.3 is 14.7 Å². The molecule has 0 aliphatic carbocycles. The first kappa shape index (κ1) is 14.0. The summed E-state index contributed by atoms with van der Waals surface area (Å²) in [5.41, 5.74) is 0.584. The molecule has 0 fully saturated rings. The topological polar surface area (TPSA) is 88.0 Å². The Hall–Kier alpha value is -2.96. The molecule has 2 N–H and O–H groups in total. The fraction of sp³-hybridized carbons (Fsp3) is 0.133. The van der Waals surface area contributed by atoms with E-state index in [0.29, 0.717) is 5.76 Å². The molecule has 0 saturated heterocycles. The summed E-state index contributed by atoms with van der Waals surface area (Å²) in [6.07, 6.45) is 1.22. The van der Waals surface area contributed by atoms with Crippen LogP contribution < -0.4 is 10.9 Å². The predicted molar refractivity (Wildman–Crippen MR) is 76.9 cm³/mol. The lowest BCUT2D eigenvalue weighted by molar-refractivity contribution is 0.0950. The van der Waals surface area contributed by atoms with E-state index in [1.165, 1.54) is 18.5 Å². The summed E-state index contributed by atoms with van der Waals surface area (Å²) in [6.45, 7) is 1.80. The number of carbonyl (C=O) groups excluding carboxylic acids is 1. The maximum Gasteiger partial charge on any atom is 0.262 e. The molecule has 3 rings (SSSR count). The number of amides is 1. The molecule has 0 unspecified atom stereocenters. The van der Waals surface area contributed by atoms with E-state index < -0.39 is 11.5 Å². The quantitative estimate of drug-likeness (QED) is 0.773. The van der Waals surface area contributed by atoms with Gasteiger partial charge in [-0.3, -0.25) is 9.59 Å². The van der Waals surface area contributed by atoms with Gasteiger partial charge in [-0.2, -0.15) is 0 Å². The summed E-state index contributed by atoms with van der Waals surface area (Å²) in [5, 5.41) is 2.80. The van der Waals surface area contributed by atoms with Crippen molar-refractivity contribution in [3.63, 3.8) is 0 Å². The first-order chi connectivity index (χ1) is 10.6. The summed E-state index contributed by atoms with van der Waals surface area (Å²) in [6, 6.07) is 5.78. The highest BCUT2D eigenvalue weighted by Crippen LogP contribution is 2.20. The lowest BCUT2D eigenvalue weighted by Gasteiger charge is -2.04. The van der Waals surface area contributed by atoms with E-state index in [1.807, 2.05) is 0 Å². The number of halogens is 1. The minimum Gasteiger partial charge on any atom is -0.442 e. The Bertz CT molecular complexity index is 897. The second kappa shape index (κ2) is 5.44. The highest BCUT2D eigenvalue weighted by molar-refractivity contribution is 6.06. The number of benzene rings is 1. The van der Waals surface area contributed by atoms with Crippen molar-refractivity contribution in [1.29, 1.82) is 0 Å². The number of aromatic amines is 1. The number of aryl methyl sites for hydroxylation is 1. The van der Waals surface area contributed by atoms with Crippen LogP contribution in [0, 0.1) is 12.7 Å². The minimum absolute atomic E-state index is 0.119. The van der Waals surface area contributed by atoms with Crippen LogP contribution in [0.1, 0.15) is 21.7 Å². The average molecular weight is 301 g/mol. The van der Waals surface area contributed by atoms with Crippen molar-refractivity contribution in [2.75, 3.05) is 0 Å². The monoisotopic (exact) mass is 301 g/mol. The fourth-order valence-corrected chi connectivity index (χ4v) is 2.20. The standard InChI is InChI=1S/C15H12FN3O3/c1-8-11(12-14(21)18-7-19-15(12)22-8)13(20)17-6-9-2-4-10(16)5-3-9/h2-5,7H,6H2,1H3,(H,17,20)(H,18,19,21). The maximum absolute atomic E-state index is 12.8. The first-order valence-electron chi connectivity index (χ1n) is 6.55. The van der Waals surface area contributed by atoms with Crippen molar-refractivity contribution < 1.29 is 13.6 Å². The third-order valence-corrected chi connectivity index (χ3v) is 3.26. The van der Waals surface area contributed by atoms with E-state index in [0.717, 1.165) is 5.56 Å². The zero-order valence-corrected chi connectivity index (χ0v) is 11.6. The van der Waals surface area contributed by atoms with Gasteiger partial charge in [0, 0.05) is 6.54 Å². The molecule has 112 valence electrons. The minimum atomic E-state index is -0.445. The largest absolute Gasteiger partial charge is 0.442 e. The first-order valence-corrected chi connectivity index (χ1v) is 6.55. The number of hydrogen-bond acceptors (Lipinski definition) is 4. The molecule has 6 nitrogen and oxygen atoms in total. The predicted octanol–water partition coefficient (Wildman–Crippen LogP) is 1.89. The van der Waals surface area contributed by atoms with Gasteiger partial charge in [-0.1, -0.05) is 12.1 Å². The zero-order valence-electron chi connectivity index (χ0n) is 11.6. The van der Waals surface area contributed by atoms with Crippen molar-refractivity contribution in [1.82, 2.24) is 15.3 Å². The molecular weight excluding hydrogens is 289 g/mol. The molecule has 0 saturated carbocycles. The molecule has 0 atom stereocenters. The molecule has 0 spiro atoms. The molecule has 2 aromatic heterocycles.